The molecule has 21 heavy (non-hydrogen) atoms. The highest BCUT2D eigenvalue weighted by molar-refractivity contribution is 5.95. The van der Waals surface area contributed by atoms with Gasteiger partial charge >= 0.3 is 0 Å². The molecule has 1 unspecified atom stereocenters. The third kappa shape index (κ3) is 3.94. The number of carbonyl (C=O) groups is 1. The first-order chi connectivity index (χ1) is 10.1. The Morgan fingerprint density at radius 2 is 1.62 bits per heavy atom. The molecule has 2 nitrogen and oxygen atoms in total. The number of ether oxygens (including phenoxy) is 1. The topological polar surface area (TPSA) is 26.3 Å². The van der Waals surface area contributed by atoms with Gasteiger partial charge < -0.3 is 4.74 Å². The summed E-state index contributed by atoms with van der Waals surface area (Å²) in [6, 6.07) is 17.6. The van der Waals surface area contributed by atoms with E-state index in [9.17, 15) is 4.79 Å². The number of rotatable bonds is 6. The molecule has 0 aliphatic heterocycles. The van der Waals surface area contributed by atoms with Crippen molar-refractivity contribution in [3.8, 4) is 5.75 Å². The van der Waals surface area contributed by atoms with E-state index in [0.717, 1.165) is 11.3 Å². The highest BCUT2D eigenvalue weighted by atomic mass is 16.5. The molecule has 0 aliphatic rings. The van der Waals surface area contributed by atoms with Crippen molar-refractivity contribution >= 4 is 5.78 Å². The number of hydrogen-bond acceptors (Lipinski definition) is 2. The minimum atomic E-state index is 0.0129. The van der Waals surface area contributed by atoms with Gasteiger partial charge in [-0.25, -0.2) is 0 Å². The fourth-order valence-corrected chi connectivity index (χ4v) is 2.30. The van der Waals surface area contributed by atoms with Gasteiger partial charge in [-0.3, -0.25) is 4.79 Å². The van der Waals surface area contributed by atoms with Gasteiger partial charge in [-0.05, 0) is 35.7 Å². The number of hydrogen-bond donors (Lipinski definition) is 0. The Morgan fingerprint density at radius 3 is 2.14 bits per heavy atom. The fourth-order valence-electron chi connectivity index (χ4n) is 2.30. The average molecular weight is 282 g/mol. The quantitative estimate of drug-likeness (QED) is 0.692. The second-order valence-electron chi connectivity index (χ2n) is 5.49. The first-order valence-electron chi connectivity index (χ1n) is 7.46. The van der Waals surface area contributed by atoms with Gasteiger partial charge in [0.2, 0.25) is 0 Å². The summed E-state index contributed by atoms with van der Waals surface area (Å²) in [7, 11) is 0. The van der Waals surface area contributed by atoms with Crippen LogP contribution in [0.25, 0.3) is 0 Å². The zero-order valence-electron chi connectivity index (χ0n) is 12.9. The Balaban J connectivity index is 2.16. The molecule has 2 rings (SSSR count). The summed E-state index contributed by atoms with van der Waals surface area (Å²) in [5.74, 6) is 1.32. The van der Waals surface area contributed by atoms with E-state index in [2.05, 4.69) is 26.0 Å². The zero-order chi connectivity index (χ0) is 15.2. The van der Waals surface area contributed by atoms with Gasteiger partial charge in [0.05, 0.1) is 0 Å². The van der Waals surface area contributed by atoms with Crippen LogP contribution in [-0.4, -0.2) is 5.78 Å². The number of carbonyl (C=O) groups excluding carboxylic acids is 1. The van der Waals surface area contributed by atoms with Gasteiger partial charge in [0.25, 0.3) is 0 Å². The maximum absolute atomic E-state index is 11.6. The van der Waals surface area contributed by atoms with Crippen LogP contribution in [-0.2, 0) is 0 Å². The minimum absolute atomic E-state index is 0.0129. The molecule has 0 N–H and O–H groups in total. The fraction of sp³-hybridized carbons (Fsp3) is 0.316. The SMILES string of the molecule is CCC(=O)c1ccc(OC(c2ccccc2)C(C)C)cc1. The molecule has 2 heteroatoms. The smallest absolute Gasteiger partial charge is 0.162 e. The monoisotopic (exact) mass is 282 g/mol. The molecule has 0 saturated carbocycles. The predicted molar refractivity (Wildman–Crippen MR) is 85.7 cm³/mol. The van der Waals surface area contributed by atoms with Crippen LogP contribution in [0, 0.1) is 5.92 Å². The Labute approximate surface area is 126 Å². The molecule has 2 aromatic carbocycles. The van der Waals surface area contributed by atoms with Crippen LogP contribution in [0.1, 0.15) is 49.2 Å². The van der Waals surface area contributed by atoms with Crippen LogP contribution in [0.5, 0.6) is 5.75 Å². The molecule has 110 valence electrons. The van der Waals surface area contributed by atoms with E-state index in [4.69, 9.17) is 4.74 Å². The van der Waals surface area contributed by atoms with Crippen LogP contribution in [0.2, 0.25) is 0 Å². The molecule has 0 saturated heterocycles. The van der Waals surface area contributed by atoms with Gasteiger partial charge in [-0.1, -0.05) is 51.1 Å². The van der Waals surface area contributed by atoms with Crippen LogP contribution in [0.15, 0.2) is 54.6 Å². The van der Waals surface area contributed by atoms with Crippen molar-refractivity contribution in [2.75, 3.05) is 0 Å². The molecule has 2 aromatic rings. The largest absolute Gasteiger partial charge is 0.485 e. The Kier molecular flexibility index (Phi) is 5.15. The maximum atomic E-state index is 11.6. The lowest BCUT2D eigenvalue weighted by Crippen LogP contribution is -2.14. The minimum Gasteiger partial charge on any atom is -0.485 e. The van der Waals surface area contributed by atoms with E-state index in [0.29, 0.717) is 12.3 Å². The van der Waals surface area contributed by atoms with Crippen molar-refractivity contribution in [1.82, 2.24) is 0 Å². The Morgan fingerprint density at radius 1 is 1.00 bits per heavy atom. The standard InChI is InChI=1S/C19H22O2/c1-4-18(20)15-10-12-17(13-11-15)21-19(14(2)3)16-8-6-5-7-9-16/h5-14,19H,4H2,1-3H3. The summed E-state index contributed by atoms with van der Waals surface area (Å²) in [5.41, 5.74) is 1.91. The summed E-state index contributed by atoms with van der Waals surface area (Å²) in [4.78, 5) is 11.6. The highest BCUT2D eigenvalue weighted by Gasteiger charge is 2.17. The van der Waals surface area contributed by atoms with Crippen LogP contribution < -0.4 is 4.74 Å². The number of benzene rings is 2. The number of Topliss-reactive ketones (excluding diaryl/α,β-unsaturated/α-hetero) is 1. The van der Waals surface area contributed by atoms with Crippen molar-refractivity contribution in [3.63, 3.8) is 0 Å². The van der Waals surface area contributed by atoms with Gasteiger partial charge in [0, 0.05) is 12.0 Å². The normalized spacial score (nSPS) is 12.2. The lowest BCUT2D eigenvalue weighted by molar-refractivity contribution is 0.0988. The second-order valence-corrected chi connectivity index (χ2v) is 5.49. The van der Waals surface area contributed by atoms with Crippen molar-refractivity contribution in [3.05, 3.63) is 65.7 Å². The van der Waals surface area contributed by atoms with Crippen LogP contribution in [0.4, 0.5) is 0 Å². The lowest BCUT2D eigenvalue weighted by Gasteiger charge is -2.23. The van der Waals surface area contributed by atoms with E-state index < -0.39 is 0 Å². The second kappa shape index (κ2) is 7.07. The molecular weight excluding hydrogens is 260 g/mol. The molecule has 0 fully saturated rings. The summed E-state index contributed by atoms with van der Waals surface area (Å²) in [5, 5.41) is 0. The highest BCUT2D eigenvalue weighted by Crippen LogP contribution is 2.28. The molecule has 0 heterocycles. The van der Waals surface area contributed by atoms with E-state index >= 15 is 0 Å². The van der Waals surface area contributed by atoms with Crippen LogP contribution >= 0.6 is 0 Å². The van der Waals surface area contributed by atoms with Gasteiger partial charge in [0.15, 0.2) is 5.78 Å². The van der Waals surface area contributed by atoms with Gasteiger partial charge in [0.1, 0.15) is 11.9 Å². The molecule has 0 aliphatic carbocycles. The molecule has 0 bridgehead atoms. The van der Waals surface area contributed by atoms with E-state index in [1.807, 2.05) is 49.4 Å². The molecule has 0 spiro atoms. The Hall–Kier alpha value is -2.09. The van der Waals surface area contributed by atoms with E-state index in [1.54, 1.807) is 0 Å². The third-order valence-corrected chi connectivity index (χ3v) is 3.49. The molecule has 0 amide bonds. The van der Waals surface area contributed by atoms with Crippen LogP contribution in [0.3, 0.4) is 0 Å². The Bertz CT molecular complexity index is 570. The summed E-state index contributed by atoms with van der Waals surface area (Å²) in [6.07, 6.45) is 0.540. The van der Waals surface area contributed by atoms with Gasteiger partial charge in [-0.15, -0.1) is 0 Å². The summed E-state index contributed by atoms with van der Waals surface area (Å²) in [6.45, 7) is 6.16. The van der Waals surface area contributed by atoms with Crippen molar-refractivity contribution < 1.29 is 9.53 Å². The third-order valence-electron chi connectivity index (χ3n) is 3.49. The summed E-state index contributed by atoms with van der Waals surface area (Å²) < 4.78 is 6.12. The lowest BCUT2D eigenvalue weighted by atomic mass is 9.99. The number of ketones is 1. The molecule has 1 atom stereocenters. The molecule has 0 radical (unpaired) electrons. The van der Waals surface area contributed by atoms with E-state index in [1.165, 1.54) is 5.56 Å². The zero-order valence-corrected chi connectivity index (χ0v) is 12.9. The van der Waals surface area contributed by atoms with Crippen molar-refractivity contribution in [2.24, 2.45) is 5.92 Å². The maximum Gasteiger partial charge on any atom is 0.162 e. The predicted octanol–water partition coefficient (Wildman–Crippen LogP) is 5.06. The molecular formula is C19H22O2. The van der Waals surface area contributed by atoms with Gasteiger partial charge in [-0.2, -0.15) is 0 Å². The van der Waals surface area contributed by atoms with Crippen molar-refractivity contribution in [1.29, 1.82) is 0 Å². The molecule has 0 aromatic heterocycles. The first-order valence-corrected chi connectivity index (χ1v) is 7.46. The van der Waals surface area contributed by atoms with Crippen molar-refractivity contribution in [2.45, 2.75) is 33.3 Å². The van der Waals surface area contributed by atoms with E-state index in [-0.39, 0.29) is 11.9 Å². The average Bonchev–Trinajstić information content (AvgIpc) is 2.53. The summed E-state index contributed by atoms with van der Waals surface area (Å²) >= 11 is 0. The first kappa shape index (κ1) is 15.3.